The zero-order chi connectivity index (χ0) is 10.8. The molecule has 15 heavy (non-hydrogen) atoms. The summed E-state index contributed by atoms with van der Waals surface area (Å²) in [4.78, 5) is 24.7. The third-order valence-electron chi connectivity index (χ3n) is 2.00. The summed E-state index contributed by atoms with van der Waals surface area (Å²) in [7, 11) is 0. The number of esters is 1. The van der Waals surface area contributed by atoms with E-state index in [1.165, 1.54) is 6.20 Å². The van der Waals surface area contributed by atoms with Crippen LogP contribution in [-0.4, -0.2) is 17.0 Å². The van der Waals surface area contributed by atoms with Gasteiger partial charge in [-0.1, -0.05) is 18.2 Å². The van der Waals surface area contributed by atoms with E-state index in [1.54, 1.807) is 12.1 Å². The molecule has 2 rings (SSSR count). The molecule has 1 aromatic carbocycles. The molecule has 1 heterocycles. The summed E-state index contributed by atoms with van der Waals surface area (Å²) in [5, 5.41) is 0.698. The molecule has 5 heteroatoms. The zero-order valence-electron chi connectivity index (χ0n) is 7.69. The van der Waals surface area contributed by atoms with Crippen molar-refractivity contribution in [3.8, 4) is 0 Å². The first-order valence-corrected chi connectivity index (χ1v) is 4.26. The van der Waals surface area contributed by atoms with Gasteiger partial charge in [-0.25, -0.2) is 9.59 Å². The lowest BCUT2D eigenvalue weighted by Crippen LogP contribution is -2.18. The van der Waals surface area contributed by atoms with Gasteiger partial charge in [0.15, 0.2) is 0 Å². The van der Waals surface area contributed by atoms with Crippen LogP contribution in [0.5, 0.6) is 0 Å². The summed E-state index contributed by atoms with van der Waals surface area (Å²) < 4.78 is 4.28. The number of ether oxygens (including phenoxy) is 1. The van der Waals surface area contributed by atoms with E-state index in [0.717, 1.165) is 5.52 Å². The smallest absolute Gasteiger partial charge is 0.373 e. The van der Waals surface area contributed by atoms with Crippen molar-refractivity contribution >= 4 is 23.0 Å². The van der Waals surface area contributed by atoms with E-state index in [4.69, 9.17) is 5.73 Å². The van der Waals surface area contributed by atoms with Gasteiger partial charge in [0.1, 0.15) is 0 Å². The van der Waals surface area contributed by atoms with Crippen molar-refractivity contribution in [3.05, 3.63) is 36.0 Å². The van der Waals surface area contributed by atoms with Crippen LogP contribution in [0.15, 0.2) is 30.5 Å². The second kappa shape index (κ2) is 3.45. The number of aromatic nitrogens is 1. The van der Waals surface area contributed by atoms with E-state index in [9.17, 15) is 9.59 Å². The highest BCUT2D eigenvalue weighted by Crippen LogP contribution is 2.18. The van der Waals surface area contributed by atoms with Gasteiger partial charge in [-0.05, 0) is 6.07 Å². The minimum atomic E-state index is -1.11. The number of primary amides is 1. The maximum Gasteiger partial charge on any atom is 0.412 e. The molecule has 0 unspecified atom stereocenters. The van der Waals surface area contributed by atoms with Crippen molar-refractivity contribution in [2.75, 3.05) is 0 Å². The third kappa shape index (κ3) is 1.67. The Balaban J connectivity index is 2.44. The van der Waals surface area contributed by atoms with Crippen LogP contribution in [-0.2, 0) is 4.74 Å². The average Bonchev–Trinajstić information content (AvgIpc) is 2.59. The molecule has 0 atom stereocenters. The number of nitrogens with two attached hydrogens (primary N) is 1. The van der Waals surface area contributed by atoms with Gasteiger partial charge in [0.2, 0.25) is 0 Å². The van der Waals surface area contributed by atoms with Crippen molar-refractivity contribution in [1.82, 2.24) is 4.98 Å². The molecule has 3 N–H and O–H groups in total. The van der Waals surface area contributed by atoms with Crippen LogP contribution in [0.3, 0.4) is 0 Å². The molecular formula is C10H8N2O3. The first-order valence-electron chi connectivity index (χ1n) is 4.26. The van der Waals surface area contributed by atoms with Crippen molar-refractivity contribution in [1.29, 1.82) is 0 Å². The first-order chi connectivity index (χ1) is 7.18. The Morgan fingerprint density at radius 1 is 1.27 bits per heavy atom. The summed E-state index contributed by atoms with van der Waals surface area (Å²) in [5.74, 6) is -0.750. The number of carbonyl (C=O) groups is 2. The Morgan fingerprint density at radius 2 is 2.00 bits per heavy atom. The normalized spacial score (nSPS) is 10.1. The number of para-hydroxylation sites is 1. The number of aromatic amines is 1. The van der Waals surface area contributed by atoms with Gasteiger partial charge in [0, 0.05) is 17.1 Å². The van der Waals surface area contributed by atoms with Crippen LogP contribution >= 0.6 is 0 Å². The summed E-state index contributed by atoms with van der Waals surface area (Å²) in [6.45, 7) is 0. The Morgan fingerprint density at radius 3 is 2.73 bits per heavy atom. The van der Waals surface area contributed by atoms with Crippen molar-refractivity contribution in [3.63, 3.8) is 0 Å². The molecule has 2 aromatic rings. The highest BCUT2D eigenvalue weighted by molar-refractivity contribution is 6.06. The lowest BCUT2D eigenvalue weighted by molar-refractivity contribution is 0.0640. The molecule has 1 amide bonds. The molecular weight excluding hydrogens is 196 g/mol. The lowest BCUT2D eigenvalue weighted by atomic mass is 10.2. The topological polar surface area (TPSA) is 85.2 Å². The van der Waals surface area contributed by atoms with Crippen LogP contribution < -0.4 is 5.73 Å². The summed E-state index contributed by atoms with van der Waals surface area (Å²) in [6, 6.07) is 7.19. The number of H-pyrrole nitrogens is 1. The standard InChI is InChI=1S/C10H8N2O3/c11-10(14)15-9(13)7-5-12-8-4-2-1-3-6(7)8/h1-5,12H,(H2,11,14). The Kier molecular flexibility index (Phi) is 2.13. The fourth-order valence-corrected chi connectivity index (χ4v) is 1.39. The highest BCUT2D eigenvalue weighted by atomic mass is 16.6. The van der Waals surface area contributed by atoms with E-state index in [1.807, 2.05) is 12.1 Å². The van der Waals surface area contributed by atoms with Crippen LogP contribution in [0, 0.1) is 0 Å². The van der Waals surface area contributed by atoms with Crippen molar-refractivity contribution in [2.24, 2.45) is 5.73 Å². The molecule has 0 saturated heterocycles. The lowest BCUT2D eigenvalue weighted by Gasteiger charge is -1.96. The van der Waals surface area contributed by atoms with Gasteiger partial charge >= 0.3 is 12.1 Å². The van der Waals surface area contributed by atoms with E-state index in [-0.39, 0.29) is 0 Å². The number of fused-ring (bicyclic) bond motifs is 1. The maximum atomic E-state index is 11.4. The van der Waals surface area contributed by atoms with Crippen LogP contribution in [0.2, 0.25) is 0 Å². The Bertz CT molecular complexity index is 530. The van der Waals surface area contributed by atoms with Gasteiger partial charge in [-0.15, -0.1) is 0 Å². The molecule has 0 aliphatic heterocycles. The second-order valence-corrected chi connectivity index (χ2v) is 2.96. The van der Waals surface area contributed by atoms with Crippen molar-refractivity contribution < 1.29 is 14.3 Å². The molecule has 0 fully saturated rings. The van der Waals surface area contributed by atoms with E-state index >= 15 is 0 Å². The number of hydrogen-bond acceptors (Lipinski definition) is 3. The van der Waals surface area contributed by atoms with E-state index in [2.05, 4.69) is 9.72 Å². The zero-order valence-corrected chi connectivity index (χ0v) is 7.69. The van der Waals surface area contributed by atoms with Gasteiger partial charge in [-0.3, -0.25) is 0 Å². The number of amides is 1. The number of rotatable bonds is 1. The molecule has 0 aliphatic carbocycles. The van der Waals surface area contributed by atoms with Gasteiger partial charge < -0.3 is 15.5 Å². The fraction of sp³-hybridized carbons (Fsp3) is 0. The van der Waals surface area contributed by atoms with Crippen molar-refractivity contribution in [2.45, 2.75) is 0 Å². The molecule has 0 radical (unpaired) electrons. The molecule has 5 nitrogen and oxygen atoms in total. The Hall–Kier alpha value is -2.30. The second-order valence-electron chi connectivity index (χ2n) is 2.96. The SMILES string of the molecule is NC(=O)OC(=O)c1c[nH]c2ccccc12. The van der Waals surface area contributed by atoms with Crippen LogP contribution in [0.4, 0.5) is 4.79 Å². The maximum absolute atomic E-state index is 11.4. The fourth-order valence-electron chi connectivity index (χ4n) is 1.39. The summed E-state index contributed by atoms with van der Waals surface area (Å²) in [6.07, 6.45) is 0.376. The average molecular weight is 204 g/mol. The monoisotopic (exact) mass is 204 g/mol. The first kappa shape index (κ1) is 9.26. The predicted octanol–water partition coefficient (Wildman–Crippen LogP) is 1.40. The minimum absolute atomic E-state index is 0.296. The molecule has 0 spiro atoms. The largest absolute Gasteiger partial charge is 0.412 e. The minimum Gasteiger partial charge on any atom is -0.373 e. The summed E-state index contributed by atoms with van der Waals surface area (Å²) in [5.41, 5.74) is 5.85. The van der Waals surface area contributed by atoms with E-state index < -0.39 is 12.1 Å². The number of carbonyl (C=O) groups excluding carboxylic acids is 2. The predicted molar refractivity (Wildman–Crippen MR) is 53.3 cm³/mol. The van der Waals surface area contributed by atoms with E-state index in [0.29, 0.717) is 10.9 Å². The highest BCUT2D eigenvalue weighted by Gasteiger charge is 2.14. The quantitative estimate of drug-likeness (QED) is 0.543. The molecule has 0 saturated carbocycles. The van der Waals surface area contributed by atoms with Gasteiger partial charge in [-0.2, -0.15) is 0 Å². The van der Waals surface area contributed by atoms with Gasteiger partial charge in [0.25, 0.3) is 0 Å². The van der Waals surface area contributed by atoms with Crippen LogP contribution in [0.25, 0.3) is 10.9 Å². The molecule has 76 valence electrons. The number of hydrogen-bond donors (Lipinski definition) is 2. The Labute approximate surface area is 84.8 Å². The van der Waals surface area contributed by atoms with Gasteiger partial charge in [0.05, 0.1) is 5.56 Å². The molecule has 0 bridgehead atoms. The number of benzene rings is 1. The van der Waals surface area contributed by atoms with Crippen LogP contribution in [0.1, 0.15) is 10.4 Å². The molecule has 0 aliphatic rings. The summed E-state index contributed by atoms with van der Waals surface area (Å²) >= 11 is 0. The molecule has 1 aromatic heterocycles. The third-order valence-corrected chi connectivity index (χ3v) is 2.00. The number of nitrogens with one attached hydrogen (secondary N) is 1.